The number of nitrogens with zero attached hydrogens (tertiary/aromatic N) is 2. The molecule has 1 aromatic heterocycles. The number of carbonyl (C=O) groups is 1. The van der Waals surface area contributed by atoms with Crippen LogP contribution in [0.2, 0.25) is 0 Å². The molecule has 0 aliphatic carbocycles. The topological polar surface area (TPSA) is 71.2 Å². The number of aromatic nitrogens is 1. The Labute approximate surface area is 110 Å². The van der Waals surface area contributed by atoms with Crippen molar-refractivity contribution in [2.45, 2.75) is 13.3 Å². The van der Waals surface area contributed by atoms with Gasteiger partial charge in [-0.3, -0.25) is 4.79 Å². The van der Waals surface area contributed by atoms with Crippen LogP contribution in [-0.2, 0) is 4.79 Å². The molecule has 0 saturated carbocycles. The first-order valence-corrected chi connectivity index (χ1v) is 6.09. The van der Waals surface area contributed by atoms with E-state index in [1.807, 2.05) is 18.9 Å². The van der Waals surface area contributed by atoms with E-state index in [2.05, 4.69) is 26.2 Å². The Balaban J connectivity index is 2.79. The summed E-state index contributed by atoms with van der Waals surface area (Å²) in [5, 5.41) is 2.59. The van der Waals surface area contributed by atoms with Gasteiger partial charge in [0.25, 0.3) is 0 Å². The molecule has 5 nitrogen and oxygen atoms in total. The van der Waals surface area contributed by atoms with Gasteiger partial charge in [-0.15, -0.1) is 0 Å². The maximum absolute atomic E-state index is 11.2. The number of hydrogen-bond acceptors (Lipinski definition) is 4. The lowest BCUT2D eigenvalue weighted by molar-refractivity contribution is -0.120. The second-order valence-electron chi connectivity index (χ2n) is 3.82. The largest absolute Gasteiger partial charge is 0.397 e. The van der Waals surface area contributed by atoms with Crippen molar-refractivity contribution in [1.82, 2.24) is 10.3 Å². The van der Waals surface area contributed by atoms with E-state index in [1.165, 1.54) is 0 Å². The number of amides is 1. The zero-order valence-electron chi connectivity index (χ0n) is 10.2. The lowest BCUT2D eigenvalue weighted by atomic mass is 10.2. The molecule has 0 aliphatic rings. The second-order valence-corrected chi connectivity index (χ2v) is 4.61. The summed E-state index contributed by atoms with van der Waals surface area (Å²) in [6.45, 7) is 2.53. The molecule has 0 unspecified atom stereocenters. The van der Waals surface area contributed by atoms with E-state index in [0.717, 1.165) is 15.9 Å². The standard InChI is InChI=1S/C11H17BrN4O/c1-7-8(13)6-15-11(10(7)12)16(3)5-4-9(17)14-2/h6H,4-5,13H2,1-3H3,(H,14,17). The molecular weight excluding hydrogens is 284 g/mol. The van der Waals surface area contributed by atoms with Gasteiger partial charge in [0.05, 0.1) is 16.4 Å². The monoisotopic (exact) mass is 300 g/mol. The van der Waals surface area contributed by atoms with Crippen LogP contribution in [0.25, 0.3) is 0 Å². The molecular formula is C11H17BrN4O. The number of anilines is 2. The number of halogens is 1. The Morgan fingerprint density at radius 1 is 1.65 bits per heavy atom. The van der Waals surface area contributed by atoms with E-state index in [9.17, 15) is 4.79 Å². The summed E-state index contributed by atoms with van der Waals surface area (Å²) in [7, 11) is 3.52. The number of pyridine rings is 1. The van der Waals surface area contributed by atoms with Crippen LogP contribution in [0, 0.1) is 6.92 Å². The Kier molecular flexibility index (Phi) is 4.74. The van der Waals surface area contributed by atoms with Crippen LogP contribution in [0.5, 0.6) is 0 Å². The van der Waals surface area contributed by atoms with Crippen molar-refractivity contribution in [2.24, 2.45) is 0 Å². The minimum absolute atomic E-state index is 0.0140. The molecule has 1 aromatic rings. The molecule has 94 valence electrons. The quantitative estimate of drug-likeness (QED) is 0.879. The maximum Gasteiger partial charge on any atom is 0.221 e. The SMILES string of the molecule is CNC(=O)CCN(C)c1ncc(N)c(C)c1Br. The molecule has 6 heteroatoms. The zero-order valence-corrected chi connectivity index (χ0v) is 11.8. The summed E-state index contributed by atoms with van der Waals surface area (Å²) < 4.78 is 0.872. The number of nitrogen functional groups attached to an aromatic ring is 1. The number of carbonyl (C=O) groups excluding carboxylic acids is 1. The van der Waals surface area contributed by atoms with E-state index in [1.54, 1.807) is 13.2 Å². The van der Waals surface area contributed by atoms with E-state index < -0.39 is 0 Å². The predicted octanol–water partition coefficient (Wildman–Crippen LogP) is 1.31. The number of hydrogen-bond donors (Lipinski definition) is 2. The van der Waals surface area contributed by atoms with Crippen LogP contribution >= 0.6 is 15.9 Å². The van der Waals surface area contributed by atoms with Crippen molar-refractivity contribution < 1.29 is 4.79 Å². The van der Waals surface area contributed by atoms with Gasteiger partial charge in [0.1, 0.15) is 5.82 Å². The highest BCUT2D eigenvalue weighted by molar-refractivity contribution is 9.10. The van der Waals surface area contributed by atoms with Gasteiger partial charge in [-0.25, -0.2) is 4.98 Å². The summed E-state index contributed by atoms with van der Waals surface area (Å²) in [6.07, 6.45) is 2.07. The average Bonchev–Trinajstić information content (AvgIpc) is 2.32. The van der Waals surface area contributed by atoms with Crippen molar-refractivity contribution in [3.05, 3.63) is 16.2 Å². The average molecular weight is 301 g/mol. The molecule has 1 amide bonds. The van der Waals surface area contributed by atoms with Gasteiger partial charge < -0.3 is 16.0 Å². The number of nitrogens with one attached hydrogen (secondary N) is 1. The van der Waals surface area contributed by atoms with E-state index in [-0.39, 0.29) is 5.91 Å². The van der Waals surface area contributed by atoms with Gasteiger partial charge in [0.2, 0.25) is 5.91 Å². The van der Waals surface area contributed by atoms with Crippen molar-refractivity contribution in [1.29, 1.82) is 0 Å². The Morgan fingerprint density at radius 3 is 2.88 bits per heavy atom. The van der Waals surface area contributed by atoms with E-state index in [0.29, 0.717) is 18.7 Å². The van der Waals surface area contributed by atoms with Crippen LogP contribution < -0.4 is 16.0 Å². The van der Waals surface area contributed by atoms with Gasteiger partial charge in [-0.05, 0) is 28.4 Å². The van der Waals surface area contributed by atoms with Crippen LogP contribution in [0.15, 0.2) is 10.7 Å². The Morgan fingerprint density at radius 2 is 2.29 bits per heavy atom. The third-order valence-electron chi connectivity index (χ3n) is 2.60. The fourth-order valence-electron chi connectivity index (χ4n) is 1.34. The van der Waals surface area contributed by atoms with E-state index >= 15 is 0 Å². The van der Waals surface area contributed by atoms with Crippen LogP contribution in [0.4, 0.5) is 11.5 Å². The molecule has 0 aromatic carbocycles. The normalized spacial score (nSPS) is 10.1. The van der Waals surface area contributed by atoms with Crippen LogP contribution in [0.1, 0.15) is 12.0 Å². The highest BCUT2D eigenvalue weighted by Gasteiger charge is 2.12. The van der Waals surface area contributed by atoms with Crippen molar-refractivity contribution in [3.8, 4) is 0 Å². The first-order chi connectivity index (χ1) is 7.97. The fraction of sp³-hybridized carbons (Fsp3) is 0.455. The molecule has 0 spiro atoms. The second kappa shape index (κ2) is 5.86. The molecule has 0 bridgehead atoms. The molecule has 1 rings (SSSR count). The number of nitrogens with two attached hydrogens (primary N) is 1. The van der Waals surface area contributed by atoms with E-state index in [4.69, 9.17) is 5.73 Å². The molecule has 0 aliphatic heterocycles. The lowest BCUT2D eigenvalue weighted by Crippen LogP contribution is -2.27. The van der Waals surface area contributed by atoms with Gasteiger partial charge in [-0.1, -0.05) is 0 Å². The van der Waals surface area contributed by atoms with Crippen molar-refractivity contribution in [3.63, 3.8) is 0 Å². The third-order valence-corrected chi connectivity index (χ3v) is 3.55. The molecule has 0 atom stereocenters. The summed E-state index contributed by atoms with van der Waals surface area (Å²) in [4.78, 5) is 17.4. The predicted molar refractivity (Wildman–Crippen MR) is 73.0 cm³/mol. The molecule has 3 N–H and O–H groups in total. The van der Waals surface area contributed by atoms with Crippen LogP contribution in [-0.4, -0.2) is 31.5 Å². The van der Waals surface area contributed by atoms with Gasteiger partial charge in [-0.2, -0.15) is 0 Å². The summed E-state index contributed by atoms with van der Waals surface area (Å²) in [5.41, 5.74) is 7.37. The molecule has 1 heterocycles. The molecule has 0 saturated heterocycles. The molecule has 0 radical (unpaired) electrons. The molecule has 0 fully saturated rings. The maximum atomic E-state index is 11.2. The van der Waals surface area contributed by atoms with Gasteiger partial charge in [0.15, 0.2) is 0 Å². The van der Waals surface area contributed by atoms with Gasteiger partial charge >= 0.3 is 0 Å². The Hall–Kier alpha value is -1.30. The number of rotatable bonds is 4. The van der Waals surface area contributed by atoms with Crippen molar-refractivity contribution >= 4 is 33.3 Å². The first kappa shape index (κ1) is 13.8. The summed E-state index contributed by atoms with van der Waals surface area (Å²) in [5.74, 6) is 0.806. The fourth-order valence-corrected chi connectivity index (χ4v) is 1.98. The van der Waals surface area contributed by atoms with Gasteiger partial charge in [0, 0.05) is 27.1 Å². The molecule has 17 heavy (non-hydrogen) atoms. The Bertz CT molecular complexity index is 422. The van der Waals surface area contributed by atoms with Crippen molar-refractivity contribution in [2.75, 3.05) is 31.3 Å². The minimum atomic E-state index is 0.0140. The highest BCUT2D eigenvalue weighted by Crippen LogP contribution is 2.29. The summed E-state index contributed by atoms with van der Waals surface area (Å²) >= 11 is 3.47. The smallest absolute Gasteiger partial charge is 0.221 e. The zero-order chi connectivity index (χ0) is 13.0. The highest BCUT2D eigenvalue weighted by atomic mass is 79.9. The third kappa shape index (κ3) is 3.33. The minimum Gasteiger partial charge on any atom is -0.397 e. The lowest BCUT2D eigenvalue weighted by Gasteiger charge is -2.20. The summed E-state index contributed by atoms with van der Waals surface area (Å²) in [6, 6.07) is 0. The van der Waals surface area contributed by atoms with Crippen LogP contribution in [0.3, 0.4) is 0 Å². The first-order valence-electron chi connectivity index (χ1n) is 5.29.